The van der Waals surface area contributed by atoms with E-state index in [1.165, 1.54) is 0 Å². The van der Waals surface area contributed by atoms with Gasteiger partial charge in [-0.15, -0.1) is 0 Å². The lowest BCUT2D eigenvalue weighted by atomic mass is 9.87. The predicted molar refractivity (Wildman–Crippen MR) is 162 cm³/mol. The van der Waals surface area contributed by atoms with Crippen molar-refractivity contribution in [3.05, 3.63) is 77.4 Å². The van der Waals surface area contributed by atoms with Gasteiger partial charge in [0, 0.05) is 12.1 Å². The molecule has 0 radical (unpaired) electrons. The van der Waals surface area contributed by atoms with Crippen molar-refractivity contribution in [2.75, 3.05) is 26.4 Å². The fourth-order valence-electron chi connectivity index (χ4n) is 6.01. The van der Waals surface area contributed by atoms with Gasteiger partial charge in [-0.1, -0.05) is 56.7 Å². The molecule has 1 fully saturated rings. The van der Waals surface area contributed by atoms with Gasteiger partial charge in [-0.3, -0.25) is 9.69 Å². The largest absolute Gasteiger partial charge is 0.494 e. The maximum atomic E-state index is 13.6. The topological polar surface area (TPSA) is 97.3 Å². The molecule has 0 aromatic heterocycles. The van der Waals surface area contributed by atoms with Crippen LogP contribution in [0.5, 0.6) is 17.2 Å². The Kier molecular flexibility index (Phi) is 9.60. The second kappa shape index (κ2) is 13.2. The second-order valence-electron chi connectivity index (χ2n) is 11.6. The van der Waals surface area contributed by atoms with Crippen molar-refractivity contribution in [2.45, 2.75) is 63.0 Å². The standard InChI is InChI=1S/C34H34F6N2O6/c1-3-7-21-18-24(32(45,33(35,36)37)34(38,39)40)10-12-26(21)22-8-5-9-25(19-22)46-15-6-14-42-29(43)31(4-2,41-30(42)44)23-11-13-27-28(20-23)48-17-16-47-27/h5,8-13,18-20,45H,3-4,6-7,14-17H2,1-2H3,(H,41,44). The molecule has 3 amide bonds. The molecule has 1 atom stereocenters. The normalized spacial score (nSPS) is 18.2. The number of halogens is 6. The fourth-order valence-corrected chi connectivity index (χ4v) is 6.01. The average molecular weight is 681 g/mol. The number of carbonyl (C=O) groups is 2. The first-order chi connectivity index (χ1) is 22.7. The van der Waals surface area contributed by atoms with Crippen LogP contribution < -0.4 is 19.5 Å². The van der Waals surface area contributed by atoms with E-state index in [4.69, 9.17) is 14.2 Å². The van der Waals surface area contributed by atoms with Crippen LogP contribution in [0.4, 0.5) is 31.1 Å². The molecule has 8 nitrogen and oxygen atoms in total. The zero-order valence-electron chi connectivity index (χ0n) is 26.1. The number of aryl methyl sites for hydroxylation is 1. The van der Waals surface area contributed by atoms with E-state index in [-0.39, 0.29) is 31.6 Å². The van der Waals surface area contributed by atoms with E-state index in [2.05, 4.69) is 5.32 Å². The van der Waals surface area contributed by atoms with Gasteiger partial charge in [0.1, 0.15) is 24.5 Å². The molecule has 1 saturated heterocycles. The third kappa shape index (κ3) is 6.25. The summed E-state index contributed by atoms with van der Waals surface area (Å²) in [4.78, 5) is 27.6. The number of rotatable bonds is 11. The molecule has 14 heteroatoms. The van der Waals surface area contributed by atoms with Crippen LogP contribution in [0.2, 0.25) is 0 Å². The maximum absolute atomic E-state index is 13.6. The lowest BCUT2D eigenvalue weighted by molar-refractivity contribution is -0.376. The molecule has 0 spiro atoms. The number of imide groups is 1. The van der Waals surface area contributed by atoms with Gasteiger partial charge in [0.15, 0.2) is 11.5 Å². The number of hydrogen-bond donors (Lipinski definition) is 2. The van der Waals surface area contributed by atoms with Crippen molar-refractivity contribution in [2.24, 2.45) is 0 Å². The molecule has 0 aliphatic carbocycles. The molecule has 0 bridgehead atoms. The highest BCUT2D eigenvalue weighted by molar-refractivity contribution is 6.07. The van der Waals surface area contributed by atoms with Gasteiger partial charge >= 0.3 is 18.4 Å². The SMILES string of the molecule is CCCc1cc(C(O)(C(F)(F)F)C(F)(F)F)ccc1-c1cccc(OCCCN2C(=O)NC(CC)(c3ccc4c(c3)OCCO4)C2=O)c1. The maximum Gasteiger partial charge on any atom is 0.430 e. The molecule has 0 saturated carbocycles. The number of benzene rings is 3. The van der Waals surface area contributed by atoms with Gasteiger partial charge in [-0.25, -0.2) is 4.79 Å². The number of fused-ring (bicyclic) bond motifs is 1. The summed E-state index contributed by atoms with van der Waals surface area (Å²) < 4.78 is 98.2. The van der Waals surface area contributed by atoms with Crippen molar-refractivity contribution in [3.8, 4) is 28.4 Å². The quantitative estimate of drug-likeness (QED) is 0.129. The third-order valence-corrected chi connectivity index (χ3v) is 8.54. The minimum atomic E-state index is -5.99. The number of urea groups is 1. The molecule has 2 heterocycles. The minimum Gasteiger partial charge on any atom is -0.494 e. The summed E-state index contributed by atoms with van der Waals surface area (Å²) in [5.41, 5.74) is -6.00. The van der Waals surface area contributed by atoms with Gasteiger partial charge in [-0.2, -0.15) is 26.3 Å². The lowest BCUT2D eigenvalue weighted by Crippen LogP contribution is -2.53. The number of amides is 3. The van der Waals surface area contributed by atoms with Crippen molar-refractivity contribution in [1.82, 2.24) is 10.2 Å². The van der Waals surface area contributed by atoms with E-state index in [0.29, 0.717) is 66.1 Å². The molecular formula is C34H34F6N2O6. The molecular weight excluding hydrogens is 646 g/mol. The van der Waals surface area contributed by atoms with Crippen LogP contribution >= 0.6 is 0 Å². The van der Waals surface area contributed by atoms with Crippen LogP contribution in [0.25, 0.3) is 11.1 Å². The molecule has 1 unspecified atom stereocenters. The first kappa shape index (κ1) is 34.9. The van der Waals surface area contributed by atoms with Gasteiger partial charge < -0.3 is 24.6 Å². The molecule has 2 N–H and O–H groups in total. The summed E-state index contributed by atoms with van der Waals surface area (Å²) in [6.45, 7) is 4.44. The van der Waals surface area contributed by atoms with Crippen molar-refractivity contribution in [1.29, 1.82) is 0 Å². The summed E-state index contributed by atoms with van der Waals surface area (Å²) in [6, 6.07) is 13.5. The van der Waals surface area contributed by atoms with Crippen molar-refractivity contribution in [3.63, 3.8) is 0 Å². The molecule has 48 heavy (non-hydrogen) atoms. The van der Waals surface area contributed by atoms with E-state index in [1.807, 2.05) is 0 Å². The zero-order chi connectivity index (χ0) is 34.9. The highest BCUT2D eigenvalue weighted by Crippen LogP contribution is 2.50. The van der Waals surface area contributed by atoms with E-state index >= 15 is 0 Å². The molecule has 2 aliphatic rings. The van der Waals surface area contributed by atoms with E-state index in [0.717, 1.165) is 17.0 Å². The van der Waals surface area contributed by atoms with Crippen LogP contribution in [-0.4, -0.2) is 60.7 Å². The summed E-state index contributed by atoms with van der Waals surface area (Å²) >= 11 is 0. The smallest absolute Gasteiger partial charge is 0.430 e. The van der Waals surface area contributed by atoms with Gasteiger partial charge in [0.2, 0.25) is 0 Å². The highest BCUT2D eigenvalue weighted by Gasteiger charge is 2.71. The molecule has 2 aliphatic heterocycles. The number of hydrogen-bond acceptors (Lipinski definition) is 6. The lowest BCUT2D eigenvalue weighted by Gasteiger charge is -2.33. The van der Waals surface area contributed by atoms with Gasteiger partial charge in [-0.05, 0) is 65.8 Å². The fraction of sp³-hybridized carbons (Fsp3) is 0.412. The van der Waals surface area contributed by atoms with E-state index in [1.54, 1.807) is 56.3 Å². The molecule has 3 aromatic rings. The van der Waals surface area contributed by atoms with Gasteiger partial charge in [0.25, 0.3) is 11.5 Å². The number of nitrogens with one attached hydrogen (secondary N) is 1. The highest BCUT2D eigenvalue weighted by atomic mass is 19.4. The van der Waals surface area contributed by atoms with E-state index in [9.17, 15) is 41.0 Å². The summed E-state index contributed by atoms with van der Waals surface area (Å²) in [5.74, 6) is 0.991. The van der Waals surface area contributed by atoms with Gasteiger partial charge in [0.05, 0.1) is 6.61 Å². The Morgan fingerprint density at radius 1 is 0.917 bits per heavy atom. The number of nitrogens with zero attached hydrogens (tertiary/aromatic N) is 1. The summed E-state index contributed by atoms with van der Waals surface area (Å²) in [6.07, 6.45) is -10.9. The average Bonchev–Trinajstić information content (AvgIpc) is 3.30. The van der Waals surface area contributed by atoms with Crippen molar-refractivity contribution >= 4 is 11.9 Å². The number of aliphatic hydroxyl groups is 1. The Bertz CT molecular complexity index is 1660. The summed E-state index contributed by atoms with van der Waals surface area (Å²) in [7, 11) is 0. The first-order valence-electron chi connectivity index (χ1n) is 15.4. The minimum absolute atomic E-state index is 0.0556. The van der Waals surface area contributed by atoms with Crippen LogP contribution in [0.1, 0.15) is 49.8 Å². The van der Waals surface area contributed by atoms with Crippen LogP contribution in [0, 0.1) is 0 Å². The molecule has 3 aromatic carbocycles. The van der Waals surface area contributed by atoms with Crippen LogP contribution in [0.15, 0.2) is 60.7 Å². The third-order valence-electron chi connectivity index (χ3n) is 8.54. The molecule has 258 valence electrons. The number of alkyl halides is 6. The Hall–Kier alpha value is -4.46. The monoisotopic (exact) mass is 680 g/mol. The number of ether oxygens (including phenoxy) is 3. The summed E-state index contributed by atoms with van der Waals surface area (Å²) in [5, 5.41) is 12.7. The second-order valence-corrected chi connectivity index (χ2v) is 11.6. The Balaban J connectivity index is 1.28. The van der Waals surface area contributed by atoms with Crippen molar-refractivity contribution < 1.29 is 55.2 Å². The predicted octanol–water partition coefficient (Wildman–Crippen LogP) is 7.02. The van der Waals surface area contributed by atoms with Crippen LogP contribution in [-0.2, 0) is 22.4 Å². The number of carbonyl (C=O) groups excluding carboxylic acids is 2. The Labute approximate surface area is 272 Å². The zero-order valence-corrected chi connectivity index (χ0v) is 26.1. The first-order valence-corrected chi connectivity index (χ1v) is 15.4. The Morgan fingerprint density at radius 3 is 2.29 bits per heavy atom. The van der Waals surface area contributed by atoms with Crippen LogP contribution in [0.3, 0.4) is 0 Å². The van der Waals surface area contributed by atoms with E-state index < -0.39 is 41.0 Å². The molecule has 5 rings (SSSR count). The Morgan fingerprint density at radius 2 is 1.62 bits per heavy atom.